The minimum Gasteiger partial charge on any atom is -0.373 e. The number of anilines is 1. The number of benzene rings is 2. The largest absolute Gasteiger partial charge is 0.373 e. The number of tetrazole rings is 1. The summed E-state index contributed by atoms with van der Waals surface area (Å²) < 4.78 is 3.04. The molecule has 0 atom stereocenters. The Bertz CT molecular complexity index is 832. The summed E-state index contributed by atoms with van der Waals surface area (Å²) in [5.74, 6) is 0.776. The fourth-order valence-corrected chi connectivity index (χ4v) is 3.18. The Hall–Kier alpha value is -1.96. The van der Waals surface area contributed by atoms with E-state index in [-0.39, 0.29) is 0 Å². The molecule has 0 aliphatic carbocycles. The number of hydrogen-bond acceptors (Lipinski definition) is 4. The Morgan fingerprint density at radius 2 is 1.62 bits per heavy atom. The molecule has 0 saturated carbocycles. The van der Waals surface area contributed by atoms with Crippen LogP contribution < -0.4 is 5.32 Å². The van der Waals surface area contributed by atoms with Gasteiger partial charge in [-0.05, 0) is 96.1 Å². The maximum absolute atomic E-state index is 4.30. The smallest absolute Gasteiger partial charge is 0.181 e. The van der Waals surface area contributed by atoms with Crippen LogP contribution in [0, 0.1) is 17.4 Å². The average Bonchev–Trinajstić information content (AvgIpc) is 2.99. The quantitative estimate of drug-likeness (QED) is 0.626. The molecule has 3 aromatic rings. The summed E-state index contributed by atoms with van der Waals surface area (Å²) in [5.41, 5.74) is 3.94. The van der Waals surface area contributed by atoms with Crippen molar-refractivity contribution in [1.29, 1.82) is 0 Å². The Morgan fingerprint density at radius 3 is 2.25 bits per heavy atom. The van der Waals surface area contributed by atoms with Crippen molar-refractivity contribution in [3.05, 3.63) is 63.0 Å². The second kappa shape index (κ2) is 6.51. The lowest BCUT2D eigenvalue weighted by Gasteiger charge is -2.27. The molecule has 24 heavy (non-hydrogen) atoms. The summed E-state index contributed by atoms with van der Waals surface area (Å²) >= 11 is 2.30. The van der Waals surface area contributed by atoms with Crippen LogP contribution >= 0.6 is 22.6 Å². The molecule has 0 saturated heterocycles. The first-order chi connectivity index (χ1) is 11.4. The second-order valence-corrected chi connectivity index (χ2v) is 7.66. The third kappa shape index (κ3) is 3.28. The van der Waals surface area contributed by atoms with Gasteiger partial charge in [-0.3, -0.25) is 0 Å². The van der Waals surface area contributed by atoms with E-state index in [1.165, 1.54) is 3.57 Å². The first-order valence-corrected chi connectivity index (χ1v) is 8.85. The highest BCUT2D eigenvalue weighted by Crippen LogP contribution is 2.27. The summed E-state index contributed by atoms with van der Waals surface area (Å²) in [6.07, 6.45) is 0. The van der Waals surface area contributed by atoms with Crippen molar-refractivity contribution in [3.8, 4) is 5.69 Å². The van der Waals surface area contributed by atoms with Gasteiger partial charge in [-0.25, -0.2) is 0 Å². The van der Waals surface area contributed by atoms with E-state index in [1.54, 1.807) is 0 Å². The van der Waals surface area contributed by atoms with Crippen molar-refractivity contribution in [2.24, 2.45) is 0 Å². The van der Waals surface area contributed by atoms with Crippen molar-refractivity contribution in [2.75, 3.05) is 5.32 Å². The summed E-state index contributed by atoms with van der Waals surface area (Å²) in [4.78, 5) is 0. The molecule has 1 N–H and O–H groups in total. The molecule has 0 amide bonds. The molecule has 5 nitrogen and oxygen atoms in total. The fraction of sp³-hybridized carbons (Fsp3) is 0.278. The lowest BCUT2D eigenvalue weighted by molar-refractivity contribution is 0.541. The number of para-hydroxylation sites is 1. The van der Waals surface area contributed by atoms with Crippen LogP contribution in [0.15, 0.2) is 42.5 Å². The van der Waals surface area contributed by atoms with E-state index in [1.807, 2.05) is 10.7 Å². The highest BCUT2D eigenvalue weighted by atomic mass is 127. The molecule has 0 bridgehead atoms. The summed E-state index contributed by atoms with van der Waals surface area (Å²) in [6, 6.07) is 14.5. The van der Waals surface area contributed by atoms with Gasteiger partial charge in [0.25, 0.3) is 0 Å². The summed E-state index contributed by atoms with van der Waals surface area (Å²) in [7, 11) is 0. The van der Waals surface area contributed by atoms with Crippen LogP contribution in [0.1, 0.15) is 30.8 Å². The molecular weight excluding hydrogens is 413 g/mol. The Balaban J connectivity index is 2.01. The van der Waals surface area contributed by atoms with Crippen LogP contribution in [0.2, 0.25) is 0 Å². The Kier molecular flexibility index (Phi) is 4.58. The van der Waals surface area contributed by atoms with E-state index < -0.39 is 5.54 Å². The average molecular weight is 433 g/mol. The molecule has 3 rings (SSSR count). The van der Waals surface area contributed by atoms with Crippen LogP contribution in [0.3, 0.4) is 0 Å². The van der Waals surface area contributed by atoms with Crippen LogP contribution in [0.5, 0.6) is 0 Å². The molecule has 124 valence electrons. The first-order valence-electron chi connectivity index (χ1n) is 7.78. The van der Waals surface area contributed by atoms with Gasteiger partial charge < -0.3 is 5.32 Å². The van der Waals surface area contributed by atoms with Gasteiger partial charge in [0.05, 0.1) is 11.2 Å². The van der Waals surface area contributed by atoms with Crippen molar-refractivity contribution in [3.63, 3.8) is 0 Å². The number of aromatic nitrogens is 4. The SMILES string of the molecule is Cc1cccc(C)c1-n1nnnc1C(C)(C)Nc1ccc(I)cc1. The number of aryl methyl sites for hydroxylation is 2. The van der Waals surface area contributed by atoms with Crippen LogP contribution in [-0.4, -0.2) is 20.2 Å². The molecule has 0 aliphatic heterocycles. The molecule has 0 spiro atoms. The normalized spacial score (nSPS) is 11.5. The topological polar surface area (TPSA) is 55.6 Å². The molecule has 0 aliphatic rings. The number of rotatable bonds is 4. The van der Waals surface area contributed by atoms with Crippen LogP contribution in [-0.2, 0) is 5.54 Å². The lowest BCUT2D eigenvalue weighted by atomic mass is 10.0. The van der Waals surface area contributed by atoms with Gasteiger partial charge in [0.15, 0.2) is 5.82 Å². The predicted octanol–water partition coefficient (Wildman–Crippen LogP) is 4.23. The molecule has 1 aromatic heterocycles. The van der Waals surface area contributed by atoms with Gasteiger partial charge >= 0.3 is 0 Å². The minimum atomic E-state index is -0.426. The summed E-state index contributed by atoms with van der Waals surface area (Å²) in [5, 5.41) is 16.0. The minimum absolute atomic E-state index is 0.426. The maximum atomic E-state index is 4.30. The number of nitrogens with zero attached hydrogens (tertiary/aromatic N) is 4. The zero-order valence-corrected chi connectivity index (χ0v) is 16.4. The molecule has 6 heteroatoms. The van der Waals surface area contributed by atoms with Crippen LogP contribution in [0.25, 0.3) is 5.69 Å². The zero-order chi connectivity index (χ0) is 17.3. The van der Waals surface area contributed by atoms with Gasteiger partial charge in [-0.1, -0.05) is 18.2 Å². The molecule has 0 radical (unpaired) electrons. The first kappa shape index (κ1) is 16.9. The third-order valence-electron chi connectivity index (χ3n) is 3.98. The van der Waals surface area contributed by atoms with Crippen LogP contribution in [0.4, 0.5) is 5.69 Å². The second-order valence-electron chi connectivity index (χ2n) is 6.41. The van der Waals surface area contributed by atoms with E-state index in [9.17, 15) is 0 Å². The van der Waals surface area contributed by atoms with Gasteiger partial charge in [-0.15, -0.1) is 5.10 Å². The van der Waals surface area contributed by atoms with E-state index in [0.29, 0.717) is 0 Å². The van der Waals surface area contributed by atoms with Crippen molar-refractivity contribution in [2.45, 2.75) is 33.2 Å². The van der Waals surface area contributed by atoms with E-state index in [2.05, 4.69) is 108 Å². The predicted molar refractivity (Wildman–Crippen MR) is 104 cm³/mol. The highest BCUT2D eigenvalue weighted by molar-refractivity contribution is 14.1. The van der Waals surface area contributed by atoms with Gasteiger partial charge in [0.1, 0.15) is 0 Å². The highest BCUT2D eigenvalue weighted by Gasteiger charge is 2.29. The van der Waals surface area contributed by atoms with E-state index >= 15 is 0 Å². The van der Waals surface area contributed by atoms with E-state index in [0.717, 1.165) is 28.3 Å². The number of halogens is 1. The Morgan fingerprint density at radius 1 is 1.00 bits per heavy atom. The van der Waals surface area contributed by atoms with Gasteiger partial charge in [0.2, 0.25) is 0 Å². The van der Waals surface area contributed by atoms with Gasteiger partial charge in [-0.2, -0.15) is 4.68 Å². The zero-order valence-electron chi connectivity index (χ0n) is 14.2. The standard InChI is InChI=1S/C18H20IN5/c1-12-6-5-7-13(2)16(12)24-17(21-22-23-24)18(3,4)20-15-10-8-14(19)9-11-15/h5-11,20H,1-4H3. The van der Waals surface area contributed by atoms with Gasteiger partial charge in [0, 0.05) is 9.26 Å². The molecule has 2 aromatic carbocycles. The molecule has 0 fully saturated rings. The van der Waals surface area contributed by atoms with Crippen molar-refractivity contribution < 1.29 is 0 Å². The lowest BCUT2D eigenvalue weighted by Crippen LogP contribution is -2.32. The van der Waals surface area contributed by atoms with Crippen molar-refractivity contribution >= 4 is 28.3 Å². The molecule has 1 heterocycles. The monoisotopic (exact) mass is 433 g/mol. The third-order valence-corrected chi connectivity index (χ3v) is 4.70. The fourth-order valence-electron chi connectivity index (χ4n) is 2.82. The van der Waals surface area contributed by atoms with Crippen molar-refractivity contribution in [1.82, 2.24) is 20.2 Å². The Labute approximate surface area is 155 Å². The maximum Gasteiger partial charge on any atom is 0.181 e. The molecular formula is C18H20IN5. The number of hydrogen-bond donors (Lipinski definition) is 1. The number of nitrogens with one attached hydrogen (secondary N) is 1. The van der Waals surface area contributed by atoms with E-state index in [4.69, 9.17) is 0 Å². The molecule has 0 unspecified atom stereocenters. The summed E-state index contributed by atoms with van der Waals surface area (Å²) in [6.45, 7) is 8.32.